The highest BCUT2D eigenvalue weighted by Gasteiger charge is 2.15. The van der Waals surface area contributed by atoms with E-state index in [1.54, 1.807) is 12.1 Å². The number of hydrogen-bond donors (Lipinski definition) is 2. The zero-order valence-electron chi connectivity index (χ0n) is 13.2. The molecule has 1 aromatic rings. The van der Waals surface area contributed by atoms with Gasteiger partial charge in [-0.15, -0.1) is 24.0 Å². The topological polar surface area (TPSA) is 88.8 Å². The van der Waals surface area contributed by atoms with Crippen LogP contribution in [-0.2, 0) is 11.3 Å². The van der Waals surface area contributed by atoms with Gasteiger partial charge in [-0.25, -0.2) is 4.99 Å². The molecule has 0 saturated carbocycles. The average Bonchev–Trinajstić information content (AvgIpc) is 3.04. The van der Waals surface area contributed by atoms with E-state index >= 15 is 0 Å². The van der Waals surface area contributed by atoms with Crippen LogP contribution >= 0.6 is 24.0 Å². The lowest BCUT2D eigenvalue weighted by molar-refractivity contribution is -0.384. The molecule has 1 aromatic carbocycles. The van der Waals surface area contributed by atoms with E-state index in [0.29, 0.717) is 6.54 Å². The van der Waals surface area contributed by atoms with Crippen LogP contribution in [0.5, 0.6) is 0 Å². The minimum Gasteiger partial charge on any atom is -0.376 e. The Bertz CT molecular complexity index is 516. The van der Waals surface area contributed by atoms with Crippen molar-refractivity contribution in [1.82, 2.24) is 10.6 Å². The summed E-state index contributed by atoms with van der Waals surface area (Å²) in [6, 6.07) is 6.45. The first-order valence-corrected chi connectivity index (χ1v) is 7.56. The van der Waals surface area contributed by atoms with Crippen LogP contribution in [-0.4, -0.2) is 36.7 Å². The van der Waals surface area contributed by atoms with E-state index in [1.165, 1.54) is 12.1 Å². The highest BCUT2D eigenvalue weighted by atomic mass is 127. The minimum atomic E-state index is -0.403. The van der Waals surface area contributed by atoms with Crippen LogP contribution < -0.4 is 10.6 Å². The summed E-state index contributed by atoms with van der Waals surface area (Å²) in [4.78, 5) is 14.7. The van der Waals surface area contributed by atoms with Crippen LogP contribution in [0.2, 0.25) is 0 Å². The summed E-state index contributed by atoms with van der Waals surface area (Å²) in [5, 5.41) is 17.1. The van der Waals surface area contributed by atoms with E-state index in [-0.39, 0.29) is 35.8 Å². The lowest BCUT2D eigenvalue weighted by Gasteiger charge is -2.14. The number of aliphatic imine (C=N–C) groups is 1. The predicted octanol–water partition coefficient (Wildman–Crippen LogP) is 2.45. The van der Waals surface area contributed by atoms with Crippen LogP contribution in [0.4, 0.5) is 5.69 Å². The fourth-order valence-electron chi connectivity index (χ4n) is 2.25. The van der Waals surface area contributed by atoms with Crippen LogP contribution in [0, 0.1) is 10.1 Å². The van der Waals surface area contributed by atoms with Gasteiger partial charge < -0.3 is 15.4 Å². The molecule has 1 atom stereocenters. The van der Waals surface area contributed by atoms with Gasteiger partial charge in [-0.3, -0.25) is 10.1 Å². The molecular formula is C15H23IN4O3. The van der Waals surface area contributed by atoms with Gasteiger partial charge in [-0.05, 0) is 25.3 Å². The maximum Gasteiger partial charge on any atom is 0.269 e. The smallest absolute Gasteiger partial charge is 0.269 e. The molecule has 128 valence electrons. The number of benzene rings is 1. The third kappa shape index (κ3) is 6.69. The van der Waals surface area contributed by atoms with Crippen LogP contribution in [0.25, 0.3) is 0 Å². The Hall–Kier alpha value is -1.42. The van der Waals surface area contributed by atoms with E-state index in [9.17, 15) is 10.1 Å². The van der Waals surface area contributed by atoms with E-state index < -0.39 is 4.92 Å². The van der Waals surface area contributed by atoms with Crippen molar-refractivity contribution in [1.29, 1.82) is 0 Å². The largest absolute Gasteiger partial charge is 0.376 e. The van der Waals surface area contributed by atoms with Crippen molar-refractivity contribution in [3.63, 3.8) is 0 Å². The molecule has 0 aliphatic carbocycles. The first-order valence-electron chi connectivity index (χ1n) is 7.56. The molecule has 2 N–H and O–H groups in total. The predicted molar refractivity (Wildman–Crippen MR) is 100 cm³/mol. The molecule has 1 fully saturated rings. The standard InChI is InChI=1S/C15H22N4O3.HI/c1-2-16-15(18-11-14-4-3-9-22-14)17-10-12-5-7-13(8-6-12)19(20)21;/h5-8,14H,2-4,9-11H2,1H3,(H2,16,17,18);1H. The molecule has 0 amide bonds. The van der Waals surface area contributed by atoms with Crippen molar-refractivity contribution < 1.29 is 9.66 Å². The van der Waals surface area contributed by atoms with Crippen LogP contribution in [0.15, 0.2) is 29.3 Å². The summed E-state index contributed by atoms with van der Waals surface area (Å²) < 4.78 is 5.57. The molecule has 23 heavy (non-hydrogen) atoms. The van der Waals surface area contributed by atoms with Crippen LogP contribution in [0.1, 0.15) is 25.3 Å². The summed E-state index contributed by atoms with van der Waals surface area (Å²) in [7, 11) is 0. The maximum absolute atomic E-state index is 10.6. The summed E-state index contributed by atoms with van der Waals surface area (Å²) in [5.41, 5.74) is 1.02. The van der Waals surface area contributed by atoms with E-state index in [0.717, 1.165) is 44.1 Å². The number of nitrogens with zero attached hydrogens (tertiary/aromatic N) is 2. The molecule has 1 saturated heterocycles. The fraction of sp³-hybridized carbons (Fsp3) is 0.533. The summed E-state index contributed by atoms with van der Waals surface area (Å²) in [6.07, 6.45) is 2.45. The summed E-state index contributed by atoms with van der Waals surface area (Å²) in [6.45, 7) is 4.83. The second kappa shape index (κ2) is 10.4. The monoisotopic (exact) mass is 434 g/mol. The van der Waals surface area contributed by atoms with Gasteiger partial charge in [0.1, 0.15) is 0 Å². The van der Waals surface area contributed by atoms with Gasteiger partial charge in [-0.2, -0.15) is 0 Å². The number of nitro groups is 1. The van der Waals surface area contributed by atoms with E-state index in [1.807, 2.05) is 6.92 Å². The normalized spacial score (nSPS) is 17.4. The quantitative estimate of drug-likeness (QED) is 0.236. The highest BCUT2D eigenvalue weighted by Crippen LogP contribution is 2.12. The van der Waals surface area contributed by atoms with Crippen molar-refractivity contribution >= 4 is 35.6 Å². The van der Waals surface area contributed by atoms with Crippen molar-refractivity contribution in [3.8, 4) is 0 Å². The van der Waals surface area contributed by atoms with E-state index in [2.05, 4.69) is 15.6 Å². The van der Waals surface area contributed by atoms with Crippen molar-refractivity contribution in [2.45, 2.75) is 32.4 Å². The van der Waals surface area contributed by atoms with Gasteiger partial charge in [-0.1, -0.05) is 12.1 Å². The Morgan fingerprint density at radius 1 is 1.39 bits per heavy atom. The molecule has 1 aliphatic heterocycles. The molecular weight excluding hydrogens is 411 g/mol. The van der Waals surface area contributed by atoms with Gasteiger partial charge >= 0.3 is 0 Å². The third-order valence-electron chi connectivity index (χ3n) is 3.43. The number of nitro benzene ring substituents is 1. The SMILES string of the molecule is CCNC(=NCc1ccc([N+](=O)[O-])cc1)NCC1CCCO1.I. The summed E-state index contributed by atoms with van der Waals surface area (Å²) in [5.74, 6) is 0.733. The average molecular weight is 434 g/mol. The van der Waals surface area contributed by atoms with Crippen molar-refractivity contribution in [2.75, 3.05) is 19.7 Å². The van der Waals surface area contributed by atoms with Crippen molar-refractivity contribution in [2.24, 2.45) is 4.99 Å². The second-order valence-corrected chi connectivity index (χ2v) is 5.13. The van der Waals surface area contributed by atoms with Crippen molar-refractivity contribution in [3.05, 3.63) is 39.9 Å². The molecule has 8 heteroatoms. The number of halogens is 1. The minimum absolute atomic E-state index is 0. The molecule has 7 nitrogen and oxygen atoms in total. The molecule has 1 aliphatic rings. The molecule has 1 unspecified atom stereocenters. The van der Waals surface area contributed by atoms with Gasteiger partial charge in [0.05, 0.1) is 17.6 Å². The van der Waals surface area contributed by atoms with Gasteiger partial charge in [0.2, 0.25) is 0 Å². The van der Waals surface area contributed by atoms with Gasteiger partial charge in [0.15, 0.2) is 5.96 Å². The zero-order valence-corrected chi connectivity index (χ0v) is 15.5. The Balaban J connectivity index is 0.00000264. The van der Waals surface area contributed by atoms with Gasteiger partial charge in [0, 0.05) is 31.8 Å². The fourth-order valence-corrected chi connectivity index (χ4v) is 2.25. The number of guanidine groups is 1. The number of rotatable bonds is 6. The second-order valence-electron chi connectivity index (χ2n) is 5.13. The zero-order chi connectivity index (χ0) is 15.8. The summed E-state index contributed by atoms with van der Waals surface area (Å²) >= 11 is 0. The maximum atomic E-state index is 10.6. The number of non-ortho nitro benzene ring substituents is 1. The lowest BCUT2D eigenvalue weighted by atomic mass is 10.2. The Morgan fingerprint density at radius 2 is 2.13 bits per heavy atom. The Kier molecular flexibility index (Phi) is 8.85. The first-order chi connectivity index (χ1) is 10.7. The number of ether oxygens (including phenoxy) is 1. The van der Waals surface area contributed by atoms with E-state index in [4.69, 9.17) is 4.74 Å². The van der Waals surface area contributed by atoms with Crippen LogP contribution in [0.3, 0.4) is 0 Å². The molecule has 0 spiro atoms. The molecule has 2 rings (SSSR count). The number of nitrogens with one attached hydrogen (secondary N) is 2. The Labute approximate surface area is 153 Å². The highest BCUT2D eigenvalue weighted by molar-refractivity contribution is 14.0. The van der Waals surface area contributed by atoms with Gasteiger partial charge in [0.25, 0.3) is 5.69 Å². The number of hydrogen-bond acceptors (Lipinski definition) is 4. The first kappa shape index (κ1) is 19.6. The lowest BCUT2D eigenvalue weighted by Crippen LogP contribution is -2.41. The molecule has 0 aromatic heterocycles. The molecule has 1 heterocycles. The molecule has 0 radical (unpaired) electrons. The molecule has 0 bridgehead atoms. The third-order valence-corrected chi connectivity index (χ3v) is 3.43. The Morgan fingerprint density at radius 3 is 2.70 bits per heavy atom.